The molecule has 31 heavy (non-hydrogen) atoms. The number of hydrogen-bond donors (Lipinski definition) is 1. The fraction of sp³-hybridized carbons (Fsp3) is 0.385. The molecular formula is C26H31NO2S2. The van der Waals surface area contributed by atoms with Crippen molar-refractivity contribution < 1.29 is 9.90 Å². The summed E-state index contributed by atoms with van der Waals surface area (Å²) in [7, 11) is 0. The molecule has 0 aromatic heterocycles. The van der Waals surface area contributed by atoms with Crippen LogP contribution in [-0.4, -0.2) is 20.2 Å². The third-order valence-electron chi connectivity index (χ3n) is 5.54. The summed E-state index contributed by atoms with van der Waals surface area (Å²) < 4.78 is 0.568. The number of carbonyl (C=O) groups excluding carboxylic acids is 1. The molecule has 1 heterocycles. The van der Waals surface area contributed by atoms with E-state index in [1.807, 2.05) is 55.5 Å². The van der Waals surface area contributed by atoms with Crippen molar-refractivity contribution in [2.45, 2.75) is 65.3 Å². The minimum absolute atomic E-state index is 0.0750. The van der Waals surface area contributed by atoms with Crippen molar-refractivity contribution >= 4 is 40.3 Å². The number of benzene rings is 2. The van der Waals surface area contributed by atoms with Crippen molar-refractivity contribution in [1.29, 1.82) is 0 Å². The minimum Gasteiger partial charge on any atom is -0.507 e. The van der Waals surface area contributed by atoms with Crippen molar-refractivity contribution in [1.82, 2.24) is 4.90 Å². The third kappa shape index (κ3) is 4.88. The summed E-state index contributed by atoms with van der Waals surface area (Å²) in [6.45, 7) is 14.5. The van der Waals surface area contributed by atoms with Crippen LogP contribution in [0.1, 0.15) is 76.8 Å². The molecule has 1 amide bonds. The Morgan fingerprint density at radius 1 is 1.00 bits per heavy atom. The van der Waals surface area contributed by atoms with Gasteiger partial charge >= 0.3 is 0 Å². The van der Waals surface area contributed by atoms with Gasteiger partial charge in [0, 0.05) is 11.1 Å². The maximum atomic E-state index is 13.3. The highest BCUT2D eigenvalue weighted by atomic mass is 32.2. The van der Waals surface area contributed by atoms with E-state index in [2.05, 4.69) is 41.5 Å². The Bertz CT molecular complexity index is 1010. The van der Waals surface area contributed by atoms with Crippen molar-refractivity contribution in [3.05, 3.63) is 69.6 Å². The number of aromatic hydroxyl groups is 1. The number of carbonyl (C=O) groups is 1. The van der Waals surface area contributed by atoms with Gasteiger partial charge in [-0.3, -0.25) is 9.69 Å². The first-order chi connectivity index (χ1) is 14.3. The lowest BCUT2D eigenvalue weighted by atomic mass is 9.78. The van der Waals surface area contributed by atoms with Crippen LogP contribution in [0.15, 0.2) is 47.4 Å². The highest BCUT2D eigenvalue weighted by Gasteiger charge is 2.36. The second-order valence-electron chi connectivity index (χ2n) is 10.1. The van der Waals surface area contributed by atoms with Gasteiger partial charge in [-0.2, -0.15) is 0 Å². The van der Waals surface area contributed by atoms with Gasteiger partial charge in [0.2, 0.25) is 0 Å². The highest BCUT2D eigenvalue weighted by Crippen LogP contribution is 2.42. The lowest BCUT2D eigenvalue weighted by Gasteiger charge is -2.28. The Balaban J connectivity index is 2.04. The molecule has 0 spiro atoms. The number of phenolic OH excluding ortho intramolecular Hbond substituents is 1. The normalized spacial score (nSPS) is 17.5. The molecule has 0 unspecified atom stereocenters. The smallest absolute Gasteiger partial charge is 0.266 e. The van der Waals surface area contributed by atoms with E-state index in [1.54, 1.807) is 4.90 Å². The van der Waals surface area contributed by atoms with Crippen molar-refractivity contribution in [2.75, 3.05) is 0 Å². The lowest BCUT2D eigenvalue weighted by molar-refractivity contribution is -0.123. The van der Waals surface area contributed by atoms with Gasteiger partial charge < -0.3 is 5.11 Å². The van der Waals surface area contributed by atoms with Crippen LogP contribution in [0, 0.1) is 0 Å². The summed E-state index contributed by atoms with van der Waals surface area (Å²) in [5.74, 6) is 0.261. The molecule has 1 atom stereocenters. The number of rotatable bonds is 3. The van der Waals surface area contributed by atoms with Gasteiger partial charge in [0.1, 0.15) is 10.1 Å². The van der Waals surface area contributed by atoms with Gasteiger partial charge in [-0.05, 0) is 47.1 Å². The highest BCUT2D eigenvalue weighted by molar-refractivity contribution is 8.26. The van der Waals surface area contributed by atoms with Crippen LogP contribution >= 0.6 is 24.0 Å². The molecule has 164 valence electrons. The third-order valence-corrected chi connectivity index (χ3v) is 6.87. The summed E-state index contributed by atoms with van der Waals surface area (Å²) in [5, 5.41) is 11.0. The van der Waals surface area contributed by atoms with Crippen molar-refractivity contribution in [3.8, 4) is 5.75 Å². The van der Waals surface area contributed by atoms with Crippen LogP contribution in [0.3, 0.4) is 0 Å². The zero-order valence-corrected chi connectivity index (χ0v) is 20.9. The molecule has 0 saturated carbocycles. The van der Waals surface area contributed by atoms with Gasteiger partial charge in [-0.15, -0.1) is 0 Å². The number of phenols is 1. The molecule has 0 aliphatic carbocycles. The van der Waals surface area contributed by atoms with E-state index in [1.165, 1.54) is 11.8 Å². The Morgan fingerprint density at radius 2 is 1.52 bits per heavy atom. The first kappa shape index (κ1) is 23.6. The molecule has 3 nitrogen and oxygen atoms in total. The Hall–Kier alpha value is -2.11. The van der Waals surface area contributed by atoms with E-state index in [-0.39, 0.29) is 22.8 Å². The monoisotopic (exact) mass is 453 g/mol. The van der Waals surface area contributed by atoms with Crippen LogP contribution in [0.2, 0.25) is 0 Å². The Kier molecular flexibility index (Phi) is 6.41. The van der Waals surface area contributed by atoms with Gasteiger partial charge in [-0.25, -0.2) is 0 Å². The molecule has 5 heteroatoms. The van der Waals surface area contributed by atoms with E-state index in [0.29, 0.717) is 15.0 Å². The Labute approximate surface area is 195 Å². The first-order valence-electron chi connectivity index (χ1n) is 10.5. The van der Waals surface area contributed by atoms with Crippen LogP contribution < -0.4 is 0 Å². The quantitative estimate of drug-likeness (QED) is 0.403. The average molecular weight is 454 g/mol. The number of nitrogens with zero attached hydrogens (tertiary/aromatic N) is 1. The second kappa shape index (κ2) is 8.44. The number of hydrogen-bond acceptors (Lipinski definition) is 4. The lowest BCUT2D eigenvalue weighted by Crippen LogP contribution is -2.30. The standard InChI is InChI=1S/C26H31NO2S2/c1-16(18-11-9-8-10-12-18)27-23(29)21(31-24(27)30)15-17-13-19(25(2,3)4)22(28)20(14-17)26(5,6)7/h8-16,28H,1-7H3/b21-15-/t16-/m1/s1. The first-order valence-corrected chi connectivity index (χ1v) is 11.7. The molecule has 1 N–H and O–H groups in total. The molecule has 1 aliphatic heterocycles. The number of amides is 1. The molecule has 2 aromatic rings. The fourth-order valence-electron chi connectivity index (χ4n) is 3.73. The summed E-state index contributed by atoms with van der Waals surface area (Å²) in [6, 6.07) is 13.8. The molecule has 1 aliphatic rings. The van der Waals surface area contributed by atoms with Crippen molar-refractivity contribution in [3.63, 3.8) is 0 Å². The predicted octanol–water partition coefficient (Wildman–Crippen LogP) is 6.95. The summed E-state index contributed by atoms with van der Waals surface area (Å²) in [4.78, 5) is 15.6. The van der Waals surface area contributed by atoms with Crippen LogP contribution in [-0.2, 0) is 15.6 Å². The maximum absolute atomic E-state index is 13.3. The zero-order valence-electron chi connectivity index (χ0n) is 19.3. The fourth-order valence-corrected chi connectivity index (χ4v) is 5.15. The van der Waals surface area contributed by atoms with E-state index in [0.717, 1.165) is 22.3 Å². The van der Waals surface area contributed by atoms with Gasteiger partial charge in [0.25, 0.3) is 5.91 Å². The minimum atomic E-state index is -0.228. The molecule has 2 aromatic carbocycles. The molecule has 3 rings (SSSR count). The maximum Gasteiger partial charge on any atom is 0.266 e. The van der Waals surface area contributed by atoms with Crippen LogP contribution in [0.4, 0.5) is 0 Å². The molecular weight excluding hydrogens is 422 g/mol. The molecule has 1 fully saturated rings. The van der Waals surface area contributed by atoms with E-state index >= 15 is 0 Å². The SMILES string of the molecule is C[C@H](c1ccccc1)N1C(=O)/C(=C/c2cc(C(C)(C)C)c(O)c(C(C)(C)C)c2)SC1=S. The van der Waals surface area contributed by atoms with Crippen LogP contribution in [0.5, 0.6) is 5.75 Å². The predicted molar refractivity (Wildman–Crippen MR) is 135 cm³/mol. The summed E-state index contributed by atoms with van der Waals surface area (Å²) in [6.07, 6.45) is 1.90. The average Bonchev–Trinajstić information content (AvgIpc) is 2.94. The van der Waals surface area contributed by atoms with Crippen LogP contribution in [0.25, 0.3) is 6.08 Å². The number of thiocarbonyl (C=S) groups is 1. The van der Waals surface area contributed by atoms with Gasteiger partial charge in [0.15, 0.2) is 0 Å². The number of thioether (sulfide) groups is 1. The molecule has 1 saturated heterocycles. The summed E-state index contributed by atoms with van der Waals surface area (Å²) >= 11 is 6.90. The second-order valence-corrected chi connectivity index (χ2v) is 11.8. The topological polar surface area (TPSA) is 40.5 Å². The van der Waals surface area contributed by atoms with Crippen molar-refractivity contribution in [2.24, 2.45) is 0 Å². The zero-order chi connectivity index (χ0) is 23.1. The van der Waals surface area contributed by atoms with E-state index < -0.39 is 0 Å². The Morgan fingerprint density at radius 3 is 2.00 bits per heavy atom. The van der Waals surface area contributed by atoms with E-state index in [9.17, 15) is 9.90 Å². The molecule has 0 radical (unpaired) electrons. The van der Waals surface area contributed by atoms with Gasteiger partial charge in [0.05, 0.1) is 10.9 Å². The molecule has 0 bridgehead atoms. The van der Waals surface area contributed by atoms with Gasteiger partial charge in [-0.1, -0.05) is 95.9 Å². The van der Waals surface area contributed by atoms with E-state index in [4.69, 9.17) is 12.2 Å². The summed E-state index contributed by atoms with van der Waals surface area (Å²) in [5.41, 5.74) is 3.25. The largest absolute Gasteiger partial charge is 0.507 e.